The molecule has 0 aliphatic heterocycles. The van der Waals surface area contributed by atoms with E-state index in [2.05, 4.69) is 4.74 Å². The SMILES string of the molecule is CN(CC1CC1)C(=O)OCN. The third-order valence-electron chi connectivity index (χ3n) is 1.75. The molecular weight excluding hydrogens is 144 g/mol. The summed E-state index contributed by atoms with van der Waals surface area (Å²) in [6.45, 7) is 0.771. The van der Waals surface area contributed by atoms with E-state index in [-0.39, 0.29) is 12.8 Å². The van der Waals surface area contributed by atoms with Crippen LogP contribution in [0.5, 0.6) is 0 Å². The topological polar surface area (TPSA) is 55.6 Å². The molecule has 0 aromatic heterocycles. The van der Waals surface area contributed by atoms with Crippen molar-refractivity contribution in [1.29, 1.82) is 0 Å². The standard InChI is InChI=1S/C7H14N2O2/c1-9(4-6-2-3-6)7(10)11-5-8/h6H,2-5,8H2,1H3. The normalized spacial score (nSPS) is 16.2. The second kappa shape index (κ2) is 3.57. The van der Waals surface area contributed by atoms with Crippen molar-refractivity contribution in [2.45, 2.75) is 12.8 Å². The molecule has 11 heavy (non-hydrogen) atoms. The molecule has 1 amide bonds. The van der Waals surface area contributed by atoms with Crippen LogP contribution in [0.15, 0.2) is 0 Å². The van der Waals surface area contributed by atoms with Gasteiger partial charge in [0, 0.05) is 13.6 Å². The summed E-state index contributed by atoms with van der Waals surface area (Å²) in [6.07, 6.45) is 2.15. The minimum atomic E-state index is -0.320. The summed E-state index contributed by atoms with van der Waals surface area (Å²) >= 11 is 0. The highest BCUT2D eigenvalue weighted by molar-refractivity contribution is 5.67. The number of rotatable bonds is 3. The molecule has 0 spiro atoms. The van der Waals surface area contributed by atoms with Gasteiger partial charge in [0.2, 0.25) is 0 Å². The van der Waals surface area contributed by atoms with Crippen LogP contribution in [0, 0.1) is 5.92 Å². The highest BCUT2D eigenvalue weighted by atomic mass is 16.6. The Labute approximate surface area is 66.3 Å². The van der Waals surface area contributed by atoms with Crippen molar-refractivity contribution in [3.63, 3.8) is 0 Å². The number of amides is 1. The van der Waals surface area contributed by atoms with E-state index in [1.165, 1.54) is 12.8 Å². The smallest absolute Gasteiger partial charge is 0.410 e. The van der Waals surface area contributed by atoms with Gasteiger partial charge in [-0.15, -0.1) is 0 Å². The van der Waals surface area contributed by atoms with Gasteiger partial charge in [0.1, 0.15) is 6.73 Å². The summed E-state index contributed by atoms with van der Waals surface area (Å²) in [5.41, 5.74) is 5.04. The first kappa shape index (κ1) is 8.33. The lowest BCUT2D eigenvalue weighted by Crippen LogP contribution is -2.30. The molecule has 1 saturated carbocycles. The number of nitrogens with zero attached hydrogens (tertiary/aromatic N) is 1. The summed E-state index contributed by atoms with van der Waals surface area (Å²) in [7, 11) is 1.73. The van der Waals surface area contributed by atoms with Gasteiger partial charge in [0.25, 0.3) is 0 Å². The van der Waals surface area contributed by atoms with Crippen LogP contribution in [0.25, 0.3) is 0 Å². The first-order valence-corrected chi connectivity index (χ1v) is 3.82. The Kier molecular flexibility index (Phi) is 2.70. The lowest BCUT2D eigenvalue weighted by molar-refractivity contribution is 0.112. The Morgan fingerprint density at radius 2 is 2.36 bits per heavy atom. The van der Waals surface area contributed by atoms with Crippen molar-refractivity contribution in [2.24, 2.45) is 11.7 Å². The summed E-state index contributed by atoms with van der Waals surface area (Å²) in [4.78, 5) is 12.5. The maximum atomic E-state index is 10.9. The number of hydrogen-bond donors (Lipinski definition) is 1. The summed E-state index contributed by atoms with van der Waals surface area (Å²) in [5, 5.41) is 0. The van der Waals surface area contributed by atoms with E-state index < -0.39 is 0 Å². The summed E-state index contributed by atoms with van der Waals surface area (Å²) in [6, 6.07) is 0. The van der Waals surface area contributed by atoms with Crippen LogP contribution in [-0.4, -0.2) is 31.3 Å². The molecule has 1 rings (SSSR count). The number of carbonyl (C=O) groups is 1. The van der Waals surface area contributed by atoms with Crippen molar-refractivity contribution >= 4 is 6.09 Å². The van der Waals surface area contributed by atoms with Crippen LogP contribution >= 0.6 is 0 Å². The fourth-order valence-corrected chi connectivity index (χ4v) is 0.944. The summed E-state index contributed by atoms with van der Waals surface area (Å²) < 4.78 is 4.60. The number of hydrogen-bond acceptors (Lipinski definition) is 3. The Balaban J connectivity index is 2.15. The van der Waals surface area contributed by atoms with Crippen molar-refractivity contribution < 1.29 is 9.53 Å². The van der Waals surface area contributed by atoms with Gasteiger partial charge in [-0.05, 0) is 18.8 Å². The van der Waals surface area contributed by atoms with Gasteiger partial charge in [-0.1, -0.05) is 0 Å². The van der Waals surface area contributed by atoms with E-state index >= 15 is 0 Å². The molecule has 0 unspecified atom stereocenters. The molecule has 0 heterocycles. The average molecular weight is 158 g/mol. The number of nitrogens with two attached hydrogens (primary N) is 1. The zero-order valence-corrected chi connectivity index (χ0v) is 6.75. The van der Waals surface area contributed by atoms with Crippen LogP contribution in [0.2, 0.25) is 0 Å². The second-order valence-electron chi connectivity index (χ2n) is 2.90. The van der Waals surface area contributed by atoms with Gasteiger partial charge in [-0.2, -0.15) is 0 Å². The minimum Gasteiger partial charge on any atom is -0.434 e. The van der Waals surface area contributed by atoms with Crippen LogP contribution in [0.1, 0.15) is 12.8 Å². The second-order valence-corrected chi connectivity index (χ2v) is 2.90. The fraction of sp³-hybridized carbons (Fsp3) is 0.857. The molecule has 1 aliphatic rings. The fourth-order valence-electron chi connectivity index (χ4n) is 0.944. The Bertz CT molecular complexity index is 145. The van der Waals surface area contributed by atoms with Crippen LogP contribution < -0.4 is 5.73 Å². The monoisotopic (exact) mass is 158 g/mol. The molecule has 1 aliphatic carbocycles. The zero-order chi connectivity index (χ0) is 8.27. The van der Waals surface area contributed by atoms with E-state index in [9.17, 15) is 4.79 Å². The van der Waals surface area contributed by atoms with Gasteiger partial charge in [-0.25, -0.2) is 4.79 Å². The lowest BCUT2D eigenvalue weighted by atomic mass is 10.4. The molecule has 4 heteroatoms. The van der Waals surface area contributed by atoms with Crippen LogP contribution in [0.4, 0.5) is 4.79 Å². The maximum Gasteiger partial charge on any atom is 0.410 e. The predicted molar refractivity (Wildman–Crippen MR) is 40.9 cm³/mol. The molecule has 0 aromatic rings. The highest BCUT2D eigenvalue weighted by Crippen LogP contribution is 2.29. The third kappa shape index (κ3) is 2.76. The Morgan fingerprint density at radius 3 is 2.82 bits per heavy atom. The van der Waals surface area contributed by atoms with Gasteiger partial charge in [0.05, 0.1) is 0 Å². The van der Waals surface area contributed by atoms with Crippen molar-refractivity contribution in [3.05, 3.63) is 0 Å². The van der Waals surface area contributed by atoms with E-state index in [1.807, 2.05) is 0 Å². The predicted octanol–water partition coefficient (Wildman–Crippen LogP) is 0.381. The van der Waals surface area contributed by atoms with Gasteiger partial charge >= 0.3 is 6.09 Å². The molecule has 0 aromatic carbocycles. The molecule has 0 radical (unpaired) electrons. The number of carbonyl (C=O) groups excluding carboxylic acids is 1. The van der Waals surface area contributed by atoms with E-state index in [0.29, 0.717) is 5.92 Å². The molecule has 1 fully saturated rings. The summed E-state index contributed by atoms with van der Waals surface area (Å²) in [5.74, 6) is 0.699. The van der Waals surface area contributed by atoms with E-state index in [0.717, 1.165) is 6.54 Å². The van der Waals surface area contributed by atoms with Gasteiger partial charge in [-0.3, -0.25) is 5.73 Å². The maximum absolute atomic E-state index is 10.9. The van der Waals surface area contributed by atoms with Gasteiger partial charge < -0.3 is 9.64 Å². The number of ether oxygens (including phenoxy) is 1. The quantitative estimate of drug-likeness (QED) is 0.604. The average Bonchev–Trinajstić information content (AvgIpc) is 2.72. The molecule has 0 bridgehead atoms. The first-order chi connectivity index (χ1) is 5.24. The molecule has 0 atom stereocenters. The van der Waals surface area contributed by atoms with Crippen LogP contribution in [0.3, 0.4) is 0 Å². The van der Waals surface area contributed by atoms with Crippen molar-refractivity contribution in [1.82, 2.24) is 4.90 Å². The Hall–Kier alpha value is -0.770. The Morgan fingerprint density at radius 1 is 1.73 bits per heavy atom. The van der Waals surface area contributed by atoms with Crippen LogP contribution in [-0.2, 0) is 4.74 Å². The lowest BCUT2D eigenvalue weighted by Gasteiger charge is -2.15. The zero-order valence-electron chi connectivity index (χ0n) is 6.75. The van der Waals surface area contributed by atoms with Gasteiger partial charge in [0.15, 0.2) is 0 Å². The largest absolute Gasteiger partial charge is 0.434 e. The minimum absolute atomic E-state index is 0.0339. The molecular formula is C7H14N2O2. The molecule has 64 valence electrons. The first-order valence-electron chi connectivity index (χ1n) is 3.82. The molecule has 0 saturated heterocycles. The molecule has 2 N–H and O–H groups in total. The highest BCUT2D eigenvalue weighted by Gasteiger charge is 2.25. The van der Waals surface area contributed by atoms with Crippen molar-refractivity contribution in [2.75, 3.05) is 20.3 Å². The van der Waals surface area contributed by atoms with E-state index in [4.69, 9.17) is 5.73 Å². The van der Waals surface area contributed by atoms with Crippen molar-refractivity contribution in [3.8, 4) is 0 Å². The van der Waals surface area contributed by atoms with E-state index in [1.54, 1.807) is 11.9 Å². The third-order valence-corrected chi connectivity index (χ3v) is 1.75. The molecule has 4 nitrogen and oxygen atoms in total.